The van der Waals surface area contributed by atoms with Gasteiger partial charge in [-0.3, -0.25) is 4.79 Å². The summed E-state index contributed by atoms with van der Waals surface area (Å²) in [4.78, 5) is 39.3. The van der Waals surface area contributed by atoms with Gasteiger partial charge in [-0.05, 0) is 30.5 Å². The van der Waals surface area contributed by atoms with Crippen molar-refractivity contribution in [3.63, 3.8) is 0 Å². The van der Waals surface area contributed by atoms with Gasteiger partial charge in [0.2, 0.25) is 5.91 Å². The van der Waals surface area contributed by atoms with Gasteiger partial charge in [0.05, 0.1) is 12.1 Å². The van der Waals surface area contributed by atoms with Gasteiger partial charge < -0.3 is 25.0 Å². The number of nitrogens with zero attached hydrogens (tertiary/aromatic N) is 2. The molecule has 27 heavy (non-hydrogen) atoms. The Labute approximate surface area is 163 Å². The number of hydrogen-bond donors (Lipinski definition) is 2. The van der Waals surface area contributed by atoms with E-state index in [-0.39, 0.29) is 22.9 Å². The van der Waals surface area contributed by atoms with E-state index in [0.717, 1.165) is 0 Å². The summed E-state index contributed by atoms with van der Waals surface area (Å²) < 4.78 is 5.06. The van der Waals surface area contributed by atoms with Crippen LogP contribution < -0.4 is 10.1 Å². The molecule has 0 aromatic heterocycles. The maximum absolute atomic E-state index is 12.6. The number of hydrogen-bond acceptors (Lipinski definition) is 4. The minimum absolute atomic E-state index is 0.0925. The Morgan fingerprint density at radius 1 is 1.30 bits per heavy atom. The molecular formula is C18H24ClN3O5. The van der Waals surface area contributed by atoms with Crippen molar-refractivity contribution < 1.29 is 24.2 Å². The Morgan fingerprint density at radius 3 is 2.41 bits per heavy atom. The highest BCUT2D eigenvalue weighted by molar-refractivity contribution is 6.32. The van der Waals surface area contributed by atoms with Gasteiger partial charge in [0.25, 0.3) is 0 Å². The maximum Gasteiger partial charge on any atom is 0.330 e. The van der Waals surface area contributed by atoms with Crippen molar-refractivity contribution in [3.8, 4) is 5.75 Å². The van der Waals surface area contributed by atoms with Crippen LogP contribution in [0.2, 0.25) is 5.02 Å². The summed E-state index contributed by atoms with van der Waals surface area (Å²) in [7, 11) is 4.82. The molecule has 1 aromatic rings. The monoisotopic (exact) mass is 397 g/mol. The van der Waals surface area contributed by atoms with Crippen molar-refractivity contribution in [3.05, 3.63) is 28.8 Å². The molecule has 1 fully saturated rings. The van der Waals surface area contributed by atoms with Crippen LogP contribution in [-0.2, 0) is 9.59 Å². The third kappa shape index (κ3) is 5.03. The SMILES string of the molecule is COc1ccc(C(NC(=O)C2CCN(C(=O)N(C)C)CC2)C(=O)O)cc1Cl. The smallest absolute Gasteiger partial charge is 0.330 e. The number of piperidine rings is 1. The van der Waals surface area contributed by atoms with Gasteiger partial charge in [0, 0.05) is 33.1 Å². The third-order valence-electron chi connectivity index (χ3n) is 4.56. The van der Waals surface area contributed by atoms with E-state index < -0.39 is 12.0 Å². The molecule has 2 rings (SSSR count). The van der Waals surface area contributed by atoms with Gasteiger partial charge in [0.1, 0.15) is 5.75 Å². The fourth-order valence-corrected chi connectivity index (χ4v) is 3.29. The average Bonchev–Trinajstić information content (AvgIpc) is 2.65. The Morgan fingerprint density at radius 2 is 1.93 bits per heavy atom. The van der Waals surface area contributed by atoms with E-state index in [1.807, 2.05) is 0 Å². The second kappa shape index (κ2) is 8.94. The van der Waals surface area contributed by atoms with E-state index in [1.54, 1.807) is 31.1 Å². The first kappa shape index (κ1) is 20.8. The summed E-state index contributed by atoms with van der Waals surface area (Å²) in [5.74, 6) is -1.43. The molecule has 0 aliphatic carbocycles. The van der Waals surface area contributed by atoms with Crippen molar-refractivity contribution in [2.24, 2.45) is 5.92 Å². The number of rotatable bonds is 5. The third-order valence-corrected chi connectivity index (χ3v) is 4.86. The Kier molecular flexibility index (Phi) is 6.90. The van der Waals surface area contributed by atoms with Gasteiger partial charge in [-0.2, -0.15) is 0 Å². The molecule has 0 spiro atoms. The molecule has 2 N–H and O–H groups in total. The van der Waals surface area contributed by atoms with Gasteiger partial charge >= 0.3 is 12.0 Å². The highest BCUT2D eigenvalue weighted by atomic mass is 35.5. The van der Waals surface area contributed by atoms with E-state index in [2.05, 4.69) is 5.32 Å². The number of urea groups is 1. The topological polar surface area (TPSA) is 99.2 Å². The number of amides is 3. The molecule has 148 valence electrons. The standard InChI is InChI=1S/C18H24ClN3O5/c1-21(2)18(26)22-8-6-11(7-9-22)16(23)20-15(17(24)25)12-4-5-14(27-3)13(19)10-12/h4-5,10-11,15H,6-9H2,1-3H3,(H,20,23)(H,24,25). The largest absolute Gasteiger partial charge is 0.495 e. The fourth-order valence-electron chi connectivity index (χ4n) is 3.03. The number of ether oxygens (including phenoxy) is 1. The molecule has 1 aromatic carbocycles. The first-order valence-electron chi connectivity index (χ1n) is 8.57. The van der Waals surface area contributed by atoms with Crippen LogP contribution in [0.25, 0.3) is 0 Å². The van der Waals surface area contributed by atoms with Gasteiger partial charge in [-0.15, -0.1) is 0 Å². The molecule has 1 heterocycles. The van der Waals surface area contributed by atoms with Crippen molar-refractivity contribution in [1.29, 1.82) is 0 Å². The van der Waals surface area contributed by atoms with Crippen LogP contribution in [0.5, 0.6) is 5.75 Å². The van der Waals surface area contributed by atoms with Gasteiger partial charge in [-0.1, -0.05) is 17.7 Å². The highest BCUT2D eigenvalue weighted by Gasteiger charge is 2.31. The Balaban J connectivity index is 2.03. The number of likely N-dealkylation sites (tertiary alicyclic amines) is 1. The van der Waals surface area contributed by atoms with Crippen LogP contribution in [0.4, 0.5) is 4.79 Å². The van der Waals surface area contributed by atoms with Crippen LogP contribution in [0, 0.1) is 5.92 Å². The molecule has 8 nitrogen and oxygen atoms in total. The molecule has 3 amide bonds. The molecule has 1 aliphatic heterocycles. The number of halogens is 1. The summed E-state index contributed by atoms with van der Waals surface area (Å²) in [5.41, 5.74) is 0.363. The summed E-state index contributed by atoms with van der Waals surface area (Å²) in [6, 6.07) is 3.29. The van der Waals surface area contributed by atoms with Crippen LogP contribution in [0.3, 0.4) is 0 Å². The number of methoxy groups -OCH3 is 1. The Bertz CT molecular complexity index is 717. The zero-order valence-corrected chi connectivity index (χ0v) is 16.3. The normalized spacial score (nSPS) is 15.8. The molecule has 1 saturated heterocycles. The Hall–Kier alpha value is -2.48. The lowest BCUT2D eigenvalue weighted by atomic mass is 9.95. The van der Waals surface area contributed by atoms with Crippen LogP contribution in [-0.4, -0.2) is 67.1 Å². The van der Waals surface area contributed by atoms with E-state index in [1.165, 1.54) is 18.1 Å². The lowest BCUT2D eigenvalue weighted by Crippen LogP contribution is -2.47. The second-order valence-corrected chi connectivity index (χ2v) is 7.02. The zero-order valence-electron chi connectivity index (χ0n) is 15.6. The zero-order chi connectivity index (χ0) is 20.1. The quantitative estimate of drug-likeness (QED) is 0.791. The van der Waals surface area contributed by atoms with E-state index >= 15 is 0 Å². The van der Waals surface area contributed by atoms with Crippen LogP contribution in [0.15, 0.2) is 18.2 Å². The summed E-state index contributed by atoms with van der Waals surface area (Å²) in [5, 5.41) is 12.4. The second-order valence-electron chi connectivity index (χ2n) is 6.61. The molecule has 1 atom stereocenters. The molecule has 1 unspecified atom stereocenters. The number of carboxylic acids is 1. The first-order valence-corrected chi connectivity index (χ1v) is 8.95. The first-order chi connectivity index (χ1) is 12.7. The molecular weight excluding hydrogens is 374 g/mol. The van der Waals surface area contributed by atoms with Crippen molar-refractivity contribution in [2.75, 3.05) is 34.3 Å². The van der Waals surface area contributed by atoms with Crippen molar-refractivity contribution in [1.82, 2.24) is 15.1 Å². The maximum atomic E-state index is 12.6. The lowest BCUT2D eigenvalue weighted by molar-refractivity contribution is -0.143. The molecule has 1 aliphatic rings. The summed E-state index contributed by atoms with van der Waals surface area (Å²) in [6.07, 6.45) is 0.974. The number of carbonyl (C=O) groups is 3. The number of benzene rings is 1. The van der Waals surface area contributed by atoms with E-state index in [0.29, 0.717) is 37.2 Å². The predicted octanol–water partition coefficient (Wildman–Crippen LogP) is 1.98. The molecule has 0 bridgehead atoms. The fraction of sp³-hybridized carbons (Fsp3) is 0.500. The summed E-state index contributed by atoms with van der Waals surface area (Å²) in [6.45, 7) is 0.919. The number of carboxylic acid groups (broad SMARTS) is 1. The van der Waals surface area contributed by atoms with Crippen LogP contribution >= 0.6 is 11.6 Å². The van der Waals surface area contributed by atoms with Gasteiger partial charge in [0.15, 0.2) is 6.04 Å². The minimum Gasteiger partial charge on any atom is -0.495 e. The van der Waals surface area contributed by atoms with Gasteiger partial charge in [-0.25, -0.2) is 9.59 Å². The van der Waals surface area contributed by atoms with Crippen molar-refractivity contribution in [2.45, 2.75) is 18.9 Å². The lowest BCUT2D eigenvalue weighted by Gasteiger charge is -2.33. The number of aliphatic carboxylic acids is 1. The highest BCUT2D eigenvalue weighted by Crippen LogP contribution is 2.28. The molecule has 9 heteroatoms. The van der Waals surface area contributed by atoms with E-state index in [4.69, 9.17) is 16.3 Å². The van der Waals surface area contributed by atoms with E-state index in [9.17, 15) is 19.5 Å². The predicted molar refractivity (Wildman–Crippen MR) is 99.9 cm³/mol. The minimum atomic E-state index is -1.21. The van der Waals surface area contributed by atoms with Crippen LogP contribution in [0.1, 0.15) is 24.4 Å². The number of nitrogens with one attached hydrogen (secondary N) is 1. The summed E-state index contributed by atoms with van der Waals surface area (Å²) >= 11 is 6.06. The van der Waals surface area contributed by atoms with Crippen molar-refractivity contribution >= 4 is 29.5 Å². The molecule has 0 radical (unpaired) electrons. The average molecular weight is 398 g/mol. The molecule has 0 saturated carbocycles. The number of carbonyl (C=O) groups excluding carboxylic acids is 2.